The predicted molar refractivity (Wildman–Crippen MR) is 111 cm³/mol. The van der Waals surface area contributed by atoms with Crippen LogP contribution in [0.15, 0.2) is 53.3 Å². The summed E-state index contributed by atoms with van der Waals surface area (Å²) in [4.78, 5) is 18.1. The zero-order chi connectivity index (χ0) is 19.1. The number of hydrogen-bond donors (Lipinski definition) is 1. The fourth-order valence-electron chi connectivity index (χ4n) is 4.12. The Kier molecular flexibility index (Phi) is 4.11. The van der Waals surface area contributed by atoms with Crippen LogP contribution in [0.4, 0.5) is 5.82 Å². The molecule has 2 aromatic heterocycles. The summed E-state index contributed by atoms with van der Waals surface area (Å²) in [6.45, 7) is 2.01. The maximum Gasteiger partial charge on any atom is 0.355 e. The number of aromatic nitrogens is 4. The maximum absolute atomic E-state index is 13.3. The number of anilines is 1. The molecule has 6 nitrogen and oxygen atoms in total. The molecule has 142 valence electrons. The van der Waals surface area contributed by atoms with E-state index in [0.717, 1.165) is 35.1 Å². The van der Waals surface area contributed by atoms with Gasteiger partial charge >= 0.3 is 5.69 Å². The summed E-state index contributed by atoms with van der Waals surface area (Å²) < 4.78 is 3.15. The lowest BCUT2D eigenvalue weighted by Gasteiger charge is -2.23. The molecule has 1 fully saturated rings. The molecule has 6 heteroatoms. The van der Waals surface area contributed by atoms with E-state index in [2.05, 4.69) is 10.4 Å². The van der Waals surface area contributed by atoms with E-state index < -0.39 is 0 Å². The molecule has 2 aromatic carbocycles. The molecule has 4 aromatic rings. The van der Waals surface area contributed by atoms with Gasteiger partial charge in [-0.25, -0.2) is 14.2 Å². The van der Waals surface area contributed by atoms with Crippen molar-refractivity contribution < 1.29 is 0 Å². The smallest absolute Gasteiger partial charge is 0.355 e. The van der Waals surface area contributed by atoms with E-state index in [4.69, 9.17) is 4.98 Å². The standard InChI is InChI=1S/C22H23N5O/c1-15-8-7-11-17(14-15)27-22(28)26-19-13-6-5-12-18(19)24-20(21(26)25-27)23-16-9-3-2-4-10-16/h5-8,11-14,16H,2-4,9-10H2,1H3,(H,23,24). The van der Waals surface area contributed by atoms with Crippen molar-refractivity contribution in [2.75, 3.05) is 5.32 Å². The molecule has 0 amide bonds. The highest BCUT2D eigenvalue weighted by Gasteiger charge is 2.20. The highest BCUT2D eigenvalue weighted by atomic mass is 16.2. The quantitative estimate of drug-likeness (QED) is 0.588. The minimum absolute atomic E-state index is 0.175. The average Bonchev–Trinajstić information content (AvgIpc) is 3.07. The molecule has 2 heterocycles. The number of para-hydroxylation sites is 2. The number of benzene rings is 2. The Labute approximate surface area is 162 Å². The lowest BCUT2D eigenvalue weighted by molar-refractivity contribution is 0.462. The fourth-order valence-corrected chi connectivity index (χ4v) is 4.12. The van der Waals surface area contributed by atoms with Crippen molar-refractivity contribution >= 4 is 22.5 Å². The van der Waals surface area contributed by atoms with Crippen LogP contribution in [-0.2, 0) is 0 Å². The van der Waals surface area contributed by atoms with Gasteiger partial charge in [0.1, 0.15) is 0 Å². The minimum atomic E-state index is -0.175. The van der Waals surface area contributed by atoms with Crippen LogP contribution >= 0.6 is 0 Å². The summed E-state index contributed by atoms with van der Waals surface area (Å²) in [5, 5.41) is 8.25. The highest BCUT2D eigenvalue weighted by Crippen LogP contribution is 2.25. The summed E-state index contributed by atoms with van der Waals surface area (Å²) in [6.07, 6.45) is 6.01. The molecule has 0 atom stereocenters. The third-order valence-electron chi connectivity index (χ3n) is 5.54. The van der Waals surface area contributed by atoms with Crippen molar-refractivity contribution in [1.29, 1.82) is 0 Å². The van der Waals surface area contributed by atoms with Crippen molar-refractivity contribution in [1.82, 2.24) is 19.2 Å². The number of aryl methyl sites for hydroxylation is 1. The first kappa shape index (κ1) is 17.0. The molecule has 28 heavy (non-hydrogen) atoms. The van der Waals surface area contributed by atoms with E-state index in [1.165, 1.54) is 23.9 Å². The summed E-state index contributed by atoms with van der Waals surface area (Å²) >= 11 is 0. The predicted octanol–water partition coefficient (Wildman–Crippen LogP) is 4.09. The first-order valence-corrected chi connectivity index (χ1v) is 9.95. The van der Waals surface area contributed by atoms with E-state index in [9.17, 15) is 4.79 Å². The minimum Gasteiger partial charge on any atom is -0.364 e. The van der Waals surface area contributed by atoms with Crippen LogP contribution < -0.4 is 11.0 Å². The number of fused-ring (bicyclic) bond motifs is 3. The van der Waals surface area contributed by atoms with E-state index in [0.29, 0.717) is 17.5 Å². The number of nitrogens with one attached hydrogen (secondary N) is 1. The first-order valence-electron chi connectivity index (χ1n) is 9.95. The van der Waals surface area contributed by atoms with Crippen LogP contribution in [0.5, 0.6) is 0 Å². The topological polar surface area (TPSA) is 64.2 Å². The van der Waals surface area contributed by atoms with Gasteiger partial charge < -0.3 is 5.32 Å². The van der Waals surface area contributed by atoms with Gasteiger partial charge in [0.2, 0.25) is 5.65 Å². The van der Waals surface area contributed by atoms with Gasteiger partial charge in [0.25, 0.3) is 0 Å². The van der Waals surface area contributed by atoms with E-state index in [1.807, 2.05) is 55.5 Å². The van der Waals surface area contributed by atoms with Gasteiger partial charge in [-0.15, -0.1) is 5.10 Å². The van der Waals surface area contributed by atoms with Crippen molar-refractivity contribution in [3.8, 4) is 5.69 Å². The molecule has 0 saturated heterocycles. The third kappa shape index (κ3) is 2.85. The second-order valence-corrected chi connectivity index (χ2v) is 7.62. The Balaban J connectivity index is 1.74. The second kappa shape index (κ2) is 6.78. The van der Waals surface area contributed by atoms with Crippen molar-refractivity contribution in [3.63, 3.8) is 0 Å². The monoisotopic (exact) mass is 373 g/mol. The van der Waals surface area contributed by atoms with Gasteiger partial charge in [-0.2, -0.15) is 4.68 Å². The fraction of sp³-hybridized carbons (Fsp3) is 0.318. The normalized spacial score (nSPS) is 15.3. The van der Waals surface area contributed by atoms with Crippen LogP contribution in [-0.4, -0.2) is 25.2 Å². The van der Waals surface area contributed by atoms with Crippen LogP contribution in [0.25, 0.3) is 22.4 Å². The Morgan fingerprint density at radius 2 is 1.86 bits per heavy atom. The van der Waals surface area contributed by atoms with Crippen LogP contribution in [0.2, 0.25) is 0 Å². The highest BCUT2D eigenvalue weighted by molar-refractivity contribution is 5.82. The Morgan fingerprint density at radius 3 is 2.68 bits per heavy atom. The Morgan fingerprint density at radius 1 is 1.04 bits per heavy atom. The molecule has 1 N–H and O–H groups in total. The van der Waals surface area contributed by atoms with Gasteiger partial charge in [-0.3, -0.25) is 0 Å². The molecule has 0 radical (unpaired) electrons. The van der Waals surface area contributed by atoms with Gasteiger partial charge in [0.05, 0.1) is 16.7 Å². The molecule has 1 aliphatic carbocycles. The lowest BCUT2D eigenvalue weighted by Crippen LogP contribution is -2.24. The lowest BCUT2D eigenvalue weighted by atomic mass is 9.95. The Bertz CT molecular complexity index is 1220. The summed E-state index contributed by atoms with van der Waals surface area (Å²) in [5.41, 5.74) is 3.82. The van der Waals surface area contributed by atoms with E-state index in [1.54, 1.807) is 4.40 Å². The number of rotatable bonds is 3. The Hall–Kier alpha value is -3.15. The molecule has 0 unspecified atom stereocenters. The first-order chi connectivity index (χ1) is 13.7. The van der Waals surface area contributed by atoms with E-state index in [-0.39, 0.29) is 5.69 Å². The second-order valence-electron chi connectivity index (χ2n) is 7.62. The molecular weight excluding hydrogens is 350 g/mol. The molecule has 0 bridgehead atoms. The third-order valence-corrected chi connectivity index (χ3v) is 5.54. The van der Waals surface area contributed by atoms with Crippen LogP contribution in [0, 0.1) is 6.92 Å². The number of hydrogen-bond acceptors (Lipinski definition) is 4. The average molecular weight is 373 g/mol. The number of nitrogens with zero attached hydrogens (tertiary/aromatic N) is 4. The maximum atomic E-state index is 13.3. The van der Waals surface area contributed by atoms with E-state index >= 15 is 0 Å². The van der Waals surface area contributed by atoms with Gasteiger partial charge in [0.15, 0.2) is 5.82 Å². The molecular formula is C22H23N5O. The van der Waals surface area contributed by atoms with Crippen molar-refractivity contribution in [2.24, 2.45) is 0 Å². The summed E-state index contributed by atoms with van der Waals surface area (Å²) in [5.74, 6) is 0.689. The largest absolute Gasteiger partial charge is 0.364 e. The summed E-state index contributed by atoms with van der Waals surface area (Å²) in [7, 11) is 0. The van der Waals surface area contributed by atoms with Gasteiger partial charge in [-0.05, 0) is 49.6 Å². The summed E-state index contributed by atoms with van der Waals surface area (Å²) in [6, 6.07) is 15.9. The SMILES string of the molecule is Cc1cccc(-n2nc3c(NC4CCCCC4)nc4ccccc4n3c2=O)c1. The molecule has 0 spiro atoms. The van der Waals surface area contributed by atoms with Gasteiger partial charge in [0, 0.05) is 6.04 Å². The molecule has 0 aliphatic heterocycles. The molecule has 5 rings (SSSR count). The zero-order valence-electron chi connectivity index (χ0n) is 15.9. The molecule has 1 aliphatic rings. The van der Waals surface area contributed by atoms with Gasteiger partial charge in [-0.1, -0.05) is 43.5 Å². The molecule has 1 saturated carbocycles. The van der Waals surface area contributed by atoms with Crippen molar-refractivity contribution in [3.05, 3.63) is 64.6 Å². The van der Waals surface area contributed by atoms with Crippen LogP contribution in [0.1, 0.15) is 37.7 Å². The van der Waals surface area contributed by atoms with Crippen LogP contribution in [0.3, 0.4) is 0 Å². The van der Waals surface area contributed by atoms with Crippen molar-refractivity contribution in [2.45, 2.75) is 45.1 Å². The zero-order valence-corrected chi connectivity index (χ0v) is 15.9.